The second-order valence-electron chi connectivity index (χ2n) is 4.88. The van der Waals surface area contributed by atoms with Crippen LogP contribution in [0.1, 0.15) is 11.3 Å². The summed E-state index contributed by atoms with van der Waals surface area (Å²) in [5.41, 5.74) is 1.34. The Labute approximate surface area is 155 Å². The van der Waals surface area contributed by atoms with E-state index in [1.807, 2.05) is 30.3 Å². The number of alkyl carbamates (subject to hydrolysis) is 1. The number of hydrogen-bond donors (Lipinski definition) is 2. The van der Waals surface area contributed by atoms with Crippen molar-refractivity contribution in [2.45, 2.75) is 19.1 Å². The number of carbonyl (C=O) groups is 2. The summed E-state index contributed by atoms with van der Waals surface area (Å²) in [4.78, 5) is 27.3. The van der Waals surface area contributed by atoms with Gasteiger partial charge in [0.05, 0.1) is 5.69 Å². The van der Waals surface area contributed by atoms with Gasteiger partial charge in [-0.2, -0.15) is 0 Å². The van der Waals surface area contributed by atoms with Gasteiger partial charge in [-0.15, -0.1) is 0 Å². The number of amides is 1. The molecule has 1 aromatic carbocycles. The van der Waals surface area contributed by atoms with Crippen LogP contribution < -0.4 is 5.32 Å². The first kappa shape index (κ1) is 18.4. The first-order valence-electron chi connectivity index (χ1n) is 6.95. The van der Waals surface area contributed by atoms with Crippen molar-refractivity contribution in [2.75, 3.05) is 0 Å². The molecule has 126 valence electrons. The van der Waals surface area contributed by atoms with Gasteiger partial charge in [0.2, 0.25) is 0 Å². The molecule has 6 nitrogen and oxygen atoms in total. The van der Waals surface area contributed by atoms with Crippen LogP contribution in [0.5, 0.6) is 0 Å². The lowest BCUT2D eigenvalue weighted by Crippen LogP contribution is -2.42. The smallest absolute Gasteiger partial charge is 0.408 e. The lowest BCUT2D eigenvalue weighted by Gasteiger charge is -2.15. The predicted octanol–water partition coefficient (Wildman–Crippen LogP) is 3.53. The molecule has 8 heteroatoms. The summed E-state index contributed by atoms with van der Waals surface area (Å²) in [5.74, 6) is -1.16. The van der Waals surface area contributed by atoms with Gasteiger partial charge < -0.3 is 15.2 Å². The van der Waals surface area contributed by atoms with E-state index in [0.29, 0.717) is 10.2 Å². The van der Waals surface area contributed by atoms with Crippen LogP contribution in [-0.4, -0.2) is 28.2 Å². The maximum Gasteiger partial charge on any atom is 0.408 e. The molecule has 1 unspecified atom stereocenters. The summed E-state index contributed by atoms with van der Waals surface area (Å²) in [6, 6.07) is 9.75. The zero-order chi connectivity index (χ0) is 17.5. The average molecular weight is 458 g/mol. The van der Waals surface area contributed by atoms with Crippen molar-refractivity contribution in [3.05, 3.63) is 62.8 Å². The molecule has 1 aromatic heterocycles. The molecular weight excluding hydrogens is 444 g/mol. The summed E-state index contributed by atoms with van der Waals surface area (Å²) < 4.78 is 6.46. The van der Waals surface area contributed by atoms with Gasteiger partial charge in [-0.05, 0) is 43.5 Å². The molecule has 2 N–H and O–H groups in total. The van der Waals surface area contributed by atoms with E-state index in [1.54, 1.807) is 12.3 Å². The van der Waals surface area contributed by atoms with Crippen LogP contribution in [0.15, 0.2) is 51.5 Å². The van der Waals surface area contributed by atoms with Gasteiger partial charge >= 0.3 is 12.1 Å². The summed E-state index contributed by atoms with van der Waals surface area (Å²) in [5, 5.41) is 11.6. The maximum atomic E-state index is 11.8. The summed E-state index contributed by atoms with van der Waals surface area (Å²) in [6.07, 6.45) is 0.801. The number of nitrogens with one attached hydrogen (secondary N) is 1. The zero-order valence-corrected chi connectivity index (χ0v) is 15.6. The Bertz CT molecular complexity index is 725. The van der Waals surface area contributed by atoms with E-state index >= 15 is 0 Å². The number of hydrogen-bond acceptors (Lipinski definition) is 4. The Morgan fingerprint density at radius 2 is 1.96 bits per heavy atom. The first-order chi connectivity index (χ1) is 11.5. The first-order valence-corrected chi connectivity index (χ1v) is 8.54. The summed E-state index contributed by atoms with van der Waals surface area (Å²) in [6.45, 7) is 0.0687. The molecule has 2 rings (SSSR count). The molecular formula is C16H14Br2N2O4. The number of nitrogens with zero attached hydrogens (tertiary/aromatic N) is 1. The van der Waals surface area contributed by atoms with E-state index in [9.17, 15) is 14.7 Å². The Morgan fingerprint density at radius 3 is 2.58 bits per heavy atom. The minimum Gasteiger partial charge on any atom is -0.480 e. The highest BCUT2D eigenvalue weighted by molar-refractivity contribution is 9.11. The second kappa shape index (κ2) is 8.79. The normalized spacial score (nSPS) is 11.6. The quantitative estimate of drug-likeness (QED) is 0.692. The number of carbonyl (C=O) groups excluding carboxylic acids is 1. The highest BCUT2D eigenvalue weighted by Crippen LogP contribution is 2.20. The highest BCUT2D eigenvalue weighted by Gasteiger charge is 2.23. The number of ether oxygens (including phenoxy) is 1. The number of benzene rings is 1. The molecule has 0 aliphatic rings. The van der Waals surface area contributed by atoms with Crippen molar-refractivity contribution < 1.29 is 19.4 Å². The van der Waals surface area contributed by atoms with E-state index in [4.69, 9.17) is 4.74 Å². The number of aromatic nitrogens is 1. The molecule has 1 heterocycles. The van der Waals surface area contributed by atoms with Crippen molar-refractivity contribution in [3.63, 3.8) is 0 Å². The van der Waals surface area contributed by atoms with Crippen molar-refractivity contribution in [3.8, 4) is 0 Å². The van der Waals surface area contributed by atoms with E-state index in [2.05, 4.69) is 42.2 Å². The van der Waals surface area contributed by atoms with Crippen molar-refractivity contribution in [1.29, 1.82) is 0 Å². The third kappa shape index (κ3) is 5.61. The number of rotatable bonds is 6. The Morgan fingerprint density at radius 1 is 1.25 bits per heavy atom. The van der Waals surface area contributed by atoms with E-state index in [-0.39, 0.29) is 13.0 Å². The molecule has 1 amide bonds. The zero-order valence-electron chi connectivity index (χ0n) is 12.4. The van der Waals surface area contributed by atoms with Gasteiger partial charge in [0.15, 0.2) is 0 Å². The van der Waals surface area contributed by atoms with Gasteiger partial charge in [0, 0.05) is 21.6 Å². The van der Waals surface area contributed by atoms with Crippen LogP contribution in [-0.2, 0) is 22.6 Å². The molecule has 0 spiro atoms. The van der Waals surface area contributed by atoms with Gasteiger partial charge in [-0.1, -0.05) is 30.3 Å². The highest BCUT2D eigenvalue weighted by atomic mass is 79.9. The van der Waals surface area contributed by atoms with Crippen LogP contribution in [0.25, 0.3) is 0 Å². The molecule has 0 saturated carbocycles. The number of aliphatic carboxylic acids is 1. The van der Waals surface area contributed by atoms with E-state index in [0.717, 1.165) is 10.0 Å². The minimum atomic E-state index is -1.16. The summed E-state index contributed by atoms with van der Waals surface area (Å²) >= 11 is 6.60. The van der Waals surface area contributed by atoms with Crippen LogP contribution in [0, 0.1) is 0 Å². The molecule has 0 radical (unpaired) electrons. The monoisotopic (exact) mass is 456 g/mol. The van der Waals surface area contributed by atoms with Crippen LogP contribution in [0.3, 0.4) is 0 Å². The van der Waals surface area contributed by atoms with Crippen molar-refractivity contribution >= 4 is 43.9 Å². The lowest BCUT2D eigenvalue weighted by atomic mass is 10.1. The topological polar surface area (TPSA) is 88.5 Å². The molecule has 0 bridgehead atoms. The fraction of sp³-hybridized carbons (Fsp3) is 0.188. The molecule has 24 heavy (non-hydrogen) atoms. The third-order valence-electron chi connectivity index (χ3n) is 3.08. The van der Waals surface area contributed by atoms with Crippen molar-refractivity contribution in [2.24, 2.45) is 0 Å². The SMILES string of the molecule is O=C(NC(Cc1ncc(Br)cc1Br)C(=O)O)OCc1ccccc1. The number of carboxylic acid groups (broad SMARTS) is 1. The molecule has 1 atom stereocenters. The fourth-order valence-corrected chi connectivity index (χ4v) is 3.04. The molecule has 2 aromatic rings. The van der Waals surface area contributed by atoms with E-state index < -0.39 is 18.1 Å². The number of halogens is 2. The van der Waals surface area contributed by atoms with Gasteiger partial charge in [-0.3, -0.25) is 4.98 Å². The maximum absolute atomic E-state index is 11.8. The molecule has 0 aliphatic carbocycles. The van der Waals surface area contributed by atoms with Gasteiger partial charge in [0.1, 0.15) is 12.6 Å². The Balaban J connectivity index is 1.95. The van der Waals surface area contributed by atoms with Crippen LogP contribution in [0.2, 0.25) is 0 Å². The van der Waals surface area contributed by atoms with E-state index in [1.165, 1.54) is 0 Å². The number of carboxylic acids is 1. The molecule has 0 aliphatic heterocycles. The van der Waals surface area contributed by atoms with Gasteiger partial charge in [0.25, 0.3) is 0 Å². The van der Waals surface area contributed by atoms with Gasteiger partial charge in [-0.25, -0.2) is 9.59 Å². The fourth-order valence-electron chi connectivity index (χ4n) is 1.89. The predicted molar refractivity (Wildman–Crippen MR) is 94.5 cm³/mol. The minimum absolute atomic E-state index is 0.0314. The largest absolute Gasteiger partial charge is 0.480 e. The van der Waals surface area contributed by atoms with Crippen LogP contribution >= 0.6 is 31.9 Å². The van der Waals surface area contributed by atoms with Crippen LogP contribution in [0.4, 0.5) is 4.79 Å². The third-order valence-corrected chi connectivity index (χ3v) is 4.20. The summed E-state index contributed by atoms with van der Waals surface area (Å²) in [7, 11) is 0. The number of pyridine rings is 1. The van der Waals surface area contributed by atoms with Crippen molar-refractivity contribution in [1.82, 2.24) is 10.3 Å². The Hall–Kier alpha value is -1.93. The Kier molecular flexibility index (Phi) is 6.74. The average Bonchev–Trinajstić information content (AvgIpc) is 2.55. The lowest BCUT2D eigenvalue weighted by molar-refractivity contribution is -0.139. The standard InChI is InChI=1S/C16H14Br2N2O4/c17-11-6-12(18)13(19-8-11)7-14(15(21)22)20-16(23)24-9-10-4-2-1-3-5-10/h1-6,8,14H,7,9H2,(H,20,23)(H,21,22). The second-order valence-corrected chi connectivity index (χ2v) is 6.65. The molecule has 0 saturated heterocycles. The molecule has 0 fully saturated rings.